The van der Waals surface area contributed by atoms with Crippen LogP contribution in [-0.2, 0) is 10.9 Å². The smallest absolute Gasteiger partial charge is 0.370 e. The van der Waals surface area contributed by atoms with Crippen LogP contribution in [0.2, 0.25) is 0 Å². The molecule has 1 spiro atoms. The summed E-state index contributed by atoms with van der Waals surface area (Å²) in [6.07, 6.45) is 1.60. The first-order valence-corrected chi connectivity index (χ1v) is 7.48. The first-order chi connectivity index (χ1) is 10.4. The molecule has 3 heterocycles. The van der Waals surface area contributed by atoms with E-state index in [4.69, 9.17) is 4.74 Å². The van der Waals surface area contributed by atoms with Gasteiger partial charge in [-0.15, -0.1) is 0 Å². The molecule has 0 radical (unpaired) electrons. The van der Waals surface area contributed by atoms with E-state index in [0.29, 0.717) is 18.9 Å². The molecule has 1 aromatic heterocycles. The molecule has 0 amide bonds. The molecule has 2 aliphatic heterocycles. The van der Waals surface area contributed by atoms with Crippen LogP contribution in [0.25, 0.3) is 0 Å². The number of nitrogens with zero attached hydrogens (tertiary/aromatic N) is 2. The van der Waals surface area contributed by atoms with Crippen LogP contribution >= 0.6 is 0 Å². The van der Waals surface area contributed by atoms with E-state index in [-0.39, 0.29) is 5.60 Å². The second-order valence-corrected chi connectivity index (χ2v) is 6.04. The van der Waals surface area contributed by atoms with E-state index in [1.54, 1.807) is 0 Å². The Morgan fingerprint density at radius 3 is 2.64 bits per heavy atom. The molecule has 0 aliphatic carbocycles. The third-order valence-corrected chi connectivity index (χ3v) is 4.40. The van der Waals surface area contributed by atoms with Crippen molar-refractivity contribution >= 4 is 5.82 Å². The Morgan fingerprint density at radius 2 is 2.00 bits per heavy atom. The molecule has 0 bridgehead atoms. The minimum atomic E-state index is -4.33. The van der Waals surface area contributed by atoms with E-state index < -0.39 is 11.7 Å². The lowest BCUT2D eigenvalue weighted by molar-refractivity contribution is -0.137. The summed E-state index contributed by atoms with van der Waals surface area (Å²) in [4.78, 5) is 6.00. The van der Waals surface area contributed by atoms with Gasteiger partial charge in [-0.1, -0.05) is 11.6 Å². The van der Waals surface area contributed by atoms with E-state index in [1.807, 2.05) is 4.90 Å². The highest BCUT2D eigenvalue weighted by Gasteiger charge is 2.36. The predicted octanol–water partition coefficient (Wildman–Crippen LogP) is 3.81. The van der Waals surface area contributed by atoms with Crippen LogP contribution in [0.15, 0.2) is 30.0 Å². The van der Waals surface area contributed by atoms with Gasteiger partial charge in [0.2, 0.25) is 0 Å². The summed E-state index contributed by atoms with van der Waals surface area (Å²) in [7, 11) is 0. The highest BCUT2D eigenvalue weighted by Crippen LogP contribution is 2.35. The standard InChI is InChI=1S/C16H19F3N2O/c1-12-3-9-22-15(11-12)4-7-21(8-5-15)14-10-13(2-6-20-14)16(17,18)19/h2,6,10-11H,3-5,7-9H2,1H3. The van der Waals surface area contributed by atoms with Crippen molar-refractivity contribution in [3.8, 4) is 0 Å². The van der Waals surface area contributed by atoms with Crippen LogP contribution in [-0.4, -0.2) is 30.3 Å². The summed E-state index contributed by atoms with van der Waals surface area (Å²) in [6.45, 7) is 4.13. The van der Waals surface area contributed by atoms with Crippen LogP contribution in [0.4, 0.5) is 19.0 Å². The van der Waals surface area contributed by atoms with Gasteiger partial charge in [0.05, 0.1) is 17.8 Å². The Balaban J connectivity index is 1.73. The number of pyridine rings is 1. The van der Waals surface area contributed by atoms with Gasteiger partial charge < -0.3 is 9.64 Å². The monoisotopic (exact) mass is 312 g/mol. The number of rotatable bonds is 1. The molecule has 120 valence electrons. The van der Waals surface area contributed by atoms with Crippen LogP contribution in [0.5, 0.6) is 0 Å². The largest absolute Gasteiger partial charge is 0.416 e. The number of piperidine rings is 1. The summed E-state index contributed by atoms with van der Waals surface area (Å²) in [6, 6.07) is 2.13. The lowest BCUT2D eigenvalue weighted by Crippen LogP contribution is -2.46. The molecular formula is C16H19F3N2O. The fourth-order valence-corrected chi connectivity index (χ4v) is 3.15. The van der Waals surface area contributed by atoms with E-state index in [9.17, 15) is 13.2 Å². The van der Waals surface area contributed by atoms with Crippen molar-refractivity contribution in [3.63, 3.8) is 0 Å². The molecule has 22 heavy (non-hydrogen) atoms. The van der Waals surface area contributed by atoms with Gasteiger partial charge in [-0.3, -0.25) is 0 Å². The maximum absolute atomic E-state index is 12.8. The van der Waals surface area contributed by atoms with Gasteiger partial charge >= 0.3 is 6.18 Å². The Labute approximate surface area is 127 Å². The highest BCUT2D eigenvalue weighted by atomic mass is 19.4. The van der Waals surface area contributed by atoms with Gasteiger partial charge in [-0.05, 0) is 38.3 Å². The summed E-state index contributed by atoms with van der Waals surface area (Å²) in [5, 5.41) is 0. The first-order valence-electron chi connectivity index (χ1n) is 7.48. The maximum Gasteiger partial charge on any atom is 0.416 e. The van der Waals surface area contributed by atoms with E-state index in [2.05, 4.69) is 18.0 Å². The molecule has 3 nitrogen and oxygen atoms in total. The molecule has 0 atom stereocenters. The Kier molecular flexibility index (Phi) is 3.89. The average molecular weight is 312 g/mol. The number of anilines is 1. The van der Waals surface area contributed by atoms with Crippen molar-refractivity contribution in [3.05, 3.63) is 35.5 Å². The summed E-state index contributed by atoms with van der Waals surface area (Å²) >= 11 is 0. The number of halogens is 3. The maximum atomic E-state index is 12.8. The fraction of sp³-hybridized carbons (Fsp3) is 0.562. The number of ether oxygens (including phenoxy) is 1. The Hall–Kier alpha value is -1.56. The van der Waals surface area contributed by atoms with Gasteiger partial charge in [-0.25, -0.2) is 4.98 Å². The minimum Gasteiger partial charge on any atom is -0.370 e. The zero-order chi connectivity index (χ0) is 15.8. The number of hydrogen-bond donors (Lipinski definition) is 0. The van der Waals surface area contributed by atoms with Crippen LogP contribution in [0, 0.1) is 0 Å². The molecule has 0 saturated carbocycles. The first kappa shape index (κ1) is 15.3. The van der Waals surface area contributed by atoms with Gasteiger partial charge in [0.25, 0.3) is 0 Å². The minimum absolute atomic E-state index is 0.236. The topological polar surface area (TPSA) is 25.4 Å². The average Bonchev–Trinajstić information content (AvgIpc) is 2.47. The van der Waals surface area contributed by atoms with E-state index >= 15 is 0 Å². The number of alkyl halides is 3. The number of aromatic nitrogens is 1. The van der Waals surface area contributed by atoms with E-state index in [0.717, 1.165) is 38.0 Å². The predicted molar refractivity (Wildman–Crippen MR) is 77.7 cm³/mol. The molecule has 3 rings (SSSR count). The lowest BCUT2D eigenvalue weighted by atomic mass is 9.87. The number of hydrogen-bond acceptors (Lipinski definition) is 3. The van der Waals surface area contributed by atoms with Crippen LogP contribution in [0.1, 0.15) is 31.7 Å². The summed E-state index contributed by atoms with van der Waals surface area (Å²) < 4.78 is 44.3. The molecule has 1 fully saturated rings. The lowest BCUT2D eigenvalue weighted by Gasteiger charge is -2.42. The third kappa shape index (κ3) is 3.11. The van der Waals surface area contributed by atoms with Crippen LogP contribution in [0.3, 0.4) is 0 Å². The molecule has 0 aromatic carbocycles. The SMILES string of the molecule is CC1=CC2(CCN(c3cc(C(F)(F)F)ccn3)CC2)OCC1. The molecular weight excluding hydrogens is 293 g/mol. The van der Waals surface area contributed by atoms with Gasteiger partial charge in [0, 0.05) is 19.3 Å². The molecule has 1 aromatic rings. The molecule has 6 heteroatoms. The van der Waals surface area contributed by atoms with Crippen molar-refractivity contribution < 1.29 is 17.9 Å². The Bertz CT molecular complexity index is 575. The second kappa shape index (κ2) is 5.57. The fourth-order valence-electron chi connectivity index (χ4n) is 3.15. The van der Waals surface area contributed by atoms with Crippen LogP contribution < -0.4 is 4.90 Å². The van der Waals surface area contributed by atoms with Crippen molar-refractivity contribution in [1.82, 2.24) is 4.98 Å². The zero-order valence-electron chi connectivity index (χ0n) is 12.5. The third-order valence-electron chi connectivity index (χ3n) is 4.40. The van der Waals surface area contributed by atoms with Crippen molar-refractivity contribution in [2.75, 3.05) is 24.6 Å². The zero-order valence-corrected chi connectivity index (χ0v) is 12.5. The normalized spacial score (nSPS) is 21.8. The van der Waals surface area contributed by atoms with Gasteiger partial charge in [-0.2, -0.15) is 13.2 Å². The van der Waals surface area contributed by atoms with Gasteiger partial charge in [0.15, 0.2) is 0 Å². The Morgan fingerprint density at radius 1 is 1.27 bits per heavy atom. The molecule has 0 N–H and O–H groups in total. The molecule has 1 saturated heterocycles. The summed E-state index contributed by atoms with van der Waals surface area (Å²) in [5.41, 5.74) is 0.444. The highest BCUT2D eigenvalue weighted by molar-refractivity contribution is 5.43. The summed E-state index contributed by atoms with van der Waals surface area (Å²) in [5.74, 6) is 0.390. The van der Waals surface area contributed by atoms with Crippen molar-refractivity contribution in [2.24, 2.45) is 0 Å². The second-order valence-electron chi connectivity index (χ2n) is 6.04. The van der Waals surface area contributed by atoms with Crippen molar-refractivity contribution in [1.29, 1.82) is 0 Å². The molecule has 0 unspecified atom stereocenters. The quantitative estimate of drug-likeness (QED) is 0.737. The molecule has 2 aliphatic rings. The van der Waals surface area contributed by atoms with Crippen molar-refractivity contribution in [2.45, 2.75) is 38.0 Å². The van der Waals surface area contributed by atoms with E-state index in [1.165, 1.54) is 11.8 Å². The van der Waals surface area contributed by atoms with Gasteiger partial charge in [0.1, 0.15) is 5.82 Å².